The van der Waals surface area contributed by atoms with Gasteiger partial charge >= 0.3 is 0 Å². The maximum Gasteiger partial charge on any atom is 0.232 e. The highest BCUT2D eigenvalue weighted by molar-refractivity contribution is 5.95. The standard InChI is InChI=1S/C30H42N4O5/c1-10-11-21(19-12-13-19)39-23-16-18(15-22(37-8)24(23)38-9)14-20-17-31-28(34-27(36)30(5,6)7)33-25(20)32-26(35)29(2,3)4/h10,15-17,19,21H,1,11-14H2,2-9H3,(H2,31,32,33,34,35,36)/t21-/m0/s1. The first-order valence-electron chi connectivity index (χ1n) is 13.3. The number of benzene rings is 1. The molecule has 0 unspecified atom stereocenters. The second kappa shape index (κ2) is 12.1. The molecule has 1 aromatic heterocycles. The van der Waals surface area contributed by atoms with E-state index in [-0.39, 0.29) is 23.9 Å². The fourth-order valence-electron chi connectivity index (χ4n) is 3.81. The maximum atomic E-state index is 12.9. The predicted molar refractivity (Wildman–Crippen MR) is 153 cm³/mol. The molecule has 1 aliphatic carbocycles. The van der Waals surface area contributed by atoms with Crippen molar-refractivity contribution >= 4 is 23.6 Å². The Labute approximate surface area is 231 Å². The van der Waals surface area contributed by atoms with Crippen LogP contribution in [0.2, 0.25) is 0 Å². The molecular formula is C30H42N4O5. The number of hydrogen-bond acceptors (Lipinski definition) is 7. The molecule has 1 aromatic carbocycles. The number of anilines is 2. The van der Waals surface area contributed by atoms with Gasteiger partial charge in [-0.1, -0.05) is 47.6 Å². The van der Waals surface area contributed by atoms with Gasteiger partial charge in [0.15, 0.2) is 11.5 Å². The van der Waals surface area contributed by atoms with Gasteiger partial charge < -0.3 is 19.5 Å². The summed E-state index contributed by atoms with van der Waals surface area (Å²) in [5, 5.41) is 5.66. The summed E-state index contributed by atoms with van der Waals surface area (Å²) in [5.74, 6) is 2.15. The molecule has 0 aliphatic heterocycles. The Hall–Kier alpha value is -3.62. The highest BCUT2D eigenvalue weighted by Crippen LogP contribution is 2.43. The highest BCUT2D eigenvalue weighted by Gasteiger charge is 2.33. The number of carbonyl (C=O) groups excluding carboxylic acids is 2. The number of amides is 2. The largest absolute Gasteiger partial charge is 0.493 e. The summed E-state index contributed by atoms with van der Waals surface area (Å²) in [6, 6.07) is 3.79. The van der Waals surface area contributed by atoms with Gasteiger partial charge in [-0.3, -0.25) is 14.9 Å². The quantitative estimate of drug-likeness (QED) is 0.348. The lowest BCUT2D eigenvalue weighted by molar-refractivity contribution is -0.123. The van der Waals surface area contributed by atoms with Crippen LogP contribution >= 0.6 is 0 Å². The third-order valence-electron chi connectivity index (χ3n) is 6.41. The van der Waals surface area contributed by atoms with Crippen LogP contribution in [0.15, 0.2) is 31.0 Å². The molecule has 1 aliphatic rings. The SMILES string of the molecule is C=CC[C@H](Oc1cc(Cc2cnc(NC(=O)C(C)(C)C)nc2NC(=O)C(C)(C)C)cc(OC)c1OC)C1CC1. The molecule has 0 bridgehead atoms. The first-order valence-corrected chi connectivity index (χ1v) is 13.3. The van der Waals surface area contributed by atoms with E-state index in [0.717, 1.165) is 24.8 Å². The van der Waals surface area contributed by atoms with Crippen molar-refractivity contribution in [3.05, 3.63) is 42.1 Å². The number of nitrogens with one attached hydrogen (secondary N) is 2. The first kappa shape index (κ1) is 29.9. The van der Waals surface area contributed by atoms with Crippen molar-refractivity contribution in [2.75, 3.05) is 24.9 Å². The van der Waals surface area contributed by atoms with E-state index in [9.17, 15) is 9.59 Å². The van der Waals surface area contributed by atoms with E-state index in [0.29, 0.717) is 41.0 Å². The van der Waals surface area contributed by atoms with Crippen LogP contribution in [0.3, 0.4) is 0 Å². The van der Waals surface area contributed by atoms with Crippen molar-refractivity contribution in [2.24, 2.45) is 16.7 Å². The lowest BCUT2D eigenvalue weighted by Gasteiger charge is -2.22. The van der Waals surface area contributed by atoms with Gasteiger partial charge in [0.1, 0.15) is 11.9 Å². The fourth-order valence-corrected chi connectivity index (χ4v) is 3.81. The summed E-state index contributed by atoms with van der Waals surface area (Å²) >= 11 is 0. The maximum absolute atomic E-state index is 12.9. The minimum absolute atomic E-state index is 0.00651. The van der Waals surface area contributed by atoms with Crippen LogP contribution in [0, 0.1) is 16.7 Å². The summed E-state index contributed by atoms with van der Waals surface area (Å²) in [5.41, 5.74) is 0.253. The smallest absolute Gasteiger partial charge is 0.232 e. The average molecular weight is 539 g/mol. The van der Waals surface area contributed by atoms with Crippen molar-refractivity contribution in [1.29, 1.82) is 0 Å². The lowest BCUT2D eigenvalue weighted by atomic mass is 9.95. The topological polar surface area (TPSA) is 112 Å². The van der Waals surface area contributed by atoms with E-state index < -0.39 is 10.8 Å². The number of hydrogen-bond donors (Lipinski definition) is 2. The van der Waals surface area contributed by atoms with Gasteiger partial charge in [0.25, 0.3) is 0 Å². The van der Waals surface area contributed by atoms with Crippen LogP contribution in [-0.2, 0) is 16.0 Å². The van der Waals surface area contributed by atoms with Crippen LogP contribution in [0.25, 0.3) is 0 Å². The molecule has 9 nitrogen and oxygen atoms in total. The summed E-state index contributed by atoms with van der Waals surface area (Å²) in [7, 11) is 3.17. The van der Waals surface area contributed by atoms with Crippen LogP contribution in [-0.4, -0.2) is 42.1 Å². The predicted octanol–water partition coefficient (Wildman–Crippen LogP) is 5.79. The summed E-state index contributed by atoms with van der Waals surface area (Å²) in [4.78, 5) is 34.3. The Kier molecular flexibility index (Phi) is 9.25. The van der Waals surface area contributed by atoms with E-state index in [2.05, 4.69) is 27.2 Å². The average Bonchev–Trinajstić information content (AvgIpc) is 3.69. The number of methoxy groups -OCH3 is 2. The Bertz CT molecular complexity index is 1210. The molecule has 1 heterocycles. The summed E-state index contributed by atoms with van der Waals surface area (Å²) < 4.78 is 17.7. The minimum Gasteiger partial charge on any atom is -0.493 e. The van der Waals surface area contributed by atoms with E-state index in [1.165, 1.54) is 0 Å². The number of ether oxygens (including phenoxy) is 3. The minimum atomic E-state index is -0.648. The molecule has 212 valence electrons. The van der Waals surface area contributed by atoms with Gasteiger partial charge in [-0.2, -0.15) is 4.98 Å². The molecule has 9 heteroatoms. The molecule has 0 radical (unpaired) electrons. The Morgan fingerprint density at radius 3 is 2.18 bits per heavy atom. The second-order valence-corrected chi connectivity index (χ2v) is 12.0. The number of aromatic nitrogens is 2. The molecule has 2 aromatic rings. The molecule has 2 amide bonds. The summed E-state index contributed by atoms with van der Waals surface area (Å²) in [6.07, 6.45) is 6.86. The normalized spacial score (nSPS) is 14.3. The van der Waals surface area contributed by atoms with Crippen molar-refractivity contribution in [1.82, 2.24) is 9.97 Å². The van der Waals surface area contributed by atoms with Gasteiger partial charge in [-0.05, 0) is 36.5 Å². The second-order valence-electron chi connectivity index (χ2n) is 12.0. The zero-order valence-electron chi connectivity index (χ0n) is 24.4. The molecule has 0 spiro atoms. The molecule has 3 rings (SSSR count). The molecule has 1 saturated carbocycles. The van der Waals surface area contributed by atoms with Gasteiger partial charge in [0.2, 0.25) is 23.5 Å². The van der Waals surface area contributed by atoms with Gasteiger partial charge in [0, 0.05) is 35.4 Å². The molecule has 1 atom stereocenters. The Morgan fingerprint density at radius 2 is 1.64 bits per heavy atom. The Balaban J connectivity index is 2.00. The van der Waals surface area contributed by atoms with Crippen LogP contribution in [0.4, 0.5) is 11.8 Å². The molecule has 2 N–H and O–H groups in total. The van der Waals surface area contributed by atoms with E-state index >= 15 is 0 Å². The highest BCUT2D eigenvalue weighted by atomic mass is 16.5. The van der Waals surface area contributed by atoms with E-state index in [1.807, 2.05) is 39.0 Å². The van der Waals surface area contributed by atoms with Crippen molar-refractivity contribution < 1.29 is 23.8 Å². The zero-order valence-corrected chi connectivity index (χ0v) is 24.4. The Morgan fingerprint density at radius 1 is 1.03 bits per heavy atom. The van der Waals surface area contributed by atoms with E-state index in [4.69, 9.17) is 14.2 Å². The molecule has 39 heavy (non-hydrogen) atoms. The van der Waals surface area contributed by atoms with E-state index in [1.54, 1.807) is 41.2 Å². The first-order chi connectivity index (χ1) is 18.3. The number of nitrogens with zero attached hydrogens (tertiary/aromatic N) is 2. The monoisotopic (exact) mass is 538 g/mol. The third kappa shape index (κ3) is 7.94. The number of rotatable bonds is 11. The number of carbonyl (C=O) groups is 2. The lowest BCUT2D eigenvalue weighted by Crippen LogP contribution is -2.30. The molecular weight excluding hydrogens is 496 g/mol. The molecule has 1 fully saturated rings. The van der Waals surface area contributed by atoms with Gasteiger partial charge in [-0.25, -0.2) is 4.98 Å². The van der Waals surface area contributed by atoms with Crippen LogP contribution in [0.1, 0.15) is 71.9 Å². The van der Waals surface area contributed by atoms with Gasteiger partial charge in [-0.15, -0.1) is 6.58 Å². The fraction of sp³-hybridized carbons (Fsp3) is 0.533. The van der Waals surface area contributed by atoms with Crippen molar-refractivity contribution in [2.45, 2.75) is 73.3 Å². The van der Waals surface area contributed by atoms with Crippen LogP contribution < -0.4 is 24.8 Å². The summed E-state index contributed by atoms with van der Waals surface area (Å²) in [6.45, 7) is 14.8. The van der Waals surface area contributed by atoms with Crippen LogP contribution in [0.5, 0.6) is 17.2 Å². The van der Waals surface area contributed by atoms with Crippen molar-refractivity contribution in [3.63, 3.8) is 0 Å². The van der Waals surface area contributed by atoms with Gasteiger partial charge in [0.05, 0.1) is 14.2 Å². The molecule has 0 saturated heterocycles. The zero-order chi connectivity index (χ0) is 29.0. The third-order valence-corrected chi connectivity index (χ3v) is 6.41. The van der Waals surface area contributed by atoms with Crippen molar-refractivity contribution in [3.8, 4) is 17.2 Å².